The van der Waals surface area contributed by atoms with E-state index in [-0.39, 0.29) is 35.8 Å². The molecule has 3 aliphatic rings. The van der Waals surface area contributed by atoms with Gasteiger partial charge in [-0.3, -0.25) is 9.89 Å². The normalized spacial score (nSPS) is 25.0. The number of rotatable bonds is 2. The van der Waals surface area contributed by atoms with Gasteiger partial charge in [-0.15, -0.1) is 5.10 Å². The quantitative estimate of drug-likeness (QED) is 0.700. The van der Waals surface area contributed by atoms with Crippen LogP contribution in [0.5, 0.6) is 5.88 Å². The highest BCUT2D eigenvalue weighted by Gasteiger charge is 2.65. The van der Waals surface area contributed by atoms with Crippen LogP contribution in [0.2, 0.25) is 0 Å². The predicted molar refractivity (Wildman–Crippen MR) is 118 cm³/mol. The zero-order valence-corrected chi connectivity index (χ0v) is 19.3. The Balaban J connectivity index is 1.96. The zero-order valence-electron chi connectivity index (χ0n) is 19.3. The van der Waals surface area contributed by atoms with Crippen molar-refractivity contribution in [1.29, 1.82) is 0 Å². The number of aromatic nitrogens is 2. The largest absolute Gasteiger partial charge is 0.462 e. The number of carbonyl (C=O) groups excluding carboxylic acids is 2. The second-order valence-corrected chi connectivity index (χ2v) is 9.65. The Morgan fingerprint density at radius 1 is 1.38 bits per heavy atom. The number of fused-ring (bicyclic) bond motifs is 3. The average molecular weight is 437 g/mol. The van der Waals surface area contributed by atoms with E-state index in [1.54, 1.807) is 6.92 Å². The molecule has 168 valence electrons. The highest BCUT2D eigenvalue weighted by molar-refractivity contribution is 6.20. The lowest BCUT2D eigenvalue weighted by atomic mass is 9.68. The van der Waals surface area contributed by atoms with E-state index < -0.39 is 16.9 Å². The first-order valence-corrected chi connectivity index (χ1v) is 11.0. The molecule has 32 heavy (non-hydrogen) atoms. The molecule has 3 aliphatic heterocycles. The minimum atomic E-state index is -1.49. The fourth-order valence-electron chi connectivity index (χ4n) is 5.96. The van der Waals surface area contributed by atoms with Crippen molar-refractivity contribution in [1.82, 2.24) is 10.2 Å². The number of hydrogen-bond acceptors (Lipinski definition) is 6. The summed E-state index contributed by atoms with van der Waals surface area (Å²) in [6.07, 6.45) is 0.798. The molecule has 1 amide bonds. The molecule has 4 heterocycles. The molecular weight excluding hydrogens is 408 g/mol. The molecule has 0 saturated heterocycles. The summed E-state index contributed by atoms with van der Waals surface area (Å²) in [4.78, 5) is 29.8. The predicted octanol–water partition coefficient (Wildman–Crippen LogP) is 3.07. The van der Waals surface area contributed by atoms with Crippen LogP contribution in [0, 0.1) is 13.8 Å². The summed E-state index contributed by atoms with van der Waals surface area (Å²) < 4.78 is 11.1. The van der Waals surface area contributed by atoms with Crippen LogP contribution in [0.1, 0.15) is 68.0 Å². The van der Waals surface area contributed by atoms with E-state index in [1.165, 1.54) is 0 Å². The number of anilines is 1. The van der Waals surface area contributed by atoms with Gasteiger partial charge in [0.1, 0.15) is 11.0 Å². The SMILES string of the molecule is CCOC(=O)C1=C(N)Oc2n[nH]c(C)c2[C@@]12C(=O)N1c3c(cc(C)cc32)[C@@H](C)CC1(C)C. The Hall–Kier alpha value is -3.29. The number of benzene rings is 1. The van der Waals surface area contributed by atoms with Gasteiger partial charge < -0.3 is 20.1 Å². The van der Waals surface area contributed by atoms with Crippen LogP contribution < -0.4 is 15.4 Å². The van der Waals surface area contributed by atoms with E-state index in [4.69, 9.17) is 15.2 Å². The Morgan fingerprint density at radius 2 is 2.09 bits per heavy atom. The molecule has 0 radical (unpaired) electrons. The molecule has 0 aliphatic carbocycles. The fourth-order valence-corrected chi connectivity index (χ4v) is 5.96. The van der Waals surface area contributed by atoms with E-state index in [9.17, 15) is 9.59 Å². The first-order chi connectivity index (χ1) is 15.1. The summed E-state index contributed by atoms with van der Waals surface area (Å²) in [5.74, 6) is -0.587. The molecule has 0 saturated carbocycles. The van der Waals surface area contributed by atoms with E-state index in [1.807, 2.05) is 24.8 Å². The van der Waals surface area contributed by atoms with Crippen LogP contribution in [0.3, 0.4) is 0 Å². The first-order valence-electron chi connectivity index (χ1n) is 11.0. The topological polar surface area (TPSA) is 111 Å². The van der Waals surface area contributed by atoms with Gasteiger partial charge in [-0.2, -0.15) is 0 Å². The van der Waals surface area contributed by atoms with Crippen molar-refractivity contribution < 1.29 is 19.1 Å². The van der Waals surface area contributed by atoms with Crippen molar-refractivity contribution in [3.63, 3.8) is 0 Å². The van der Waals surface area contributed by atoms with Crippen LogP contribution in [-0.2, 0) is 19.7 Å². The maximum absolute atomic E-state index is 14.6. The zero-order chi connectivity index (χ0) is 23.2. The summed E-state index contributed by atoms with van der Waals surface area (Å²) >= 11 is 0. The van der Waals surface area contributed by atoms with Crippen LogP contribution in [0.4, 0.5) is 5.69 Å². The Bertz CT molecular complexity index is 1220. The highest BCUT2D eigenvalue weighted by atomic mass is 16.5. The Kier molecular flexibility index (Phi) is 4.10. The van der Waals surface area contributed by atoms with E-state index >= 15 is 0 Å². The van der Waals surface area contributed by atoms with Crippen molar-refractivity contribution in [2.45, 2.75) is 64.8 Å². The van der Waals surface area contributed by atoms with Crippen molar-refractivity contribution >= 4 is 17.6 Å². The number of aromatic amines is 1. The number of aryl methyl sites for hydroxylation is 2. The van der Waals surface area contributed by atoms with Gasteiger partial charge in [0.05, 0.1) is 17.9 Å². The van der Waals surface area contributed by atoms with Gasteiger partial charge in [0, 0.05) is 16.8 Å². The fraction of sp³-hybridized carbons (Fsp3) is 0.458. The van der Waals surface area contributed by atoms with Crippen molar-refractivity contribution in [3.05, 3.63) is 51.5 Å². The standard InChI is InChI=1S/C24H28N4O4/c1-7-31-21(29)17-19(25)32-20-16(13(4)26-27-20)24(17)15-9-11(2)8-14-12(3)10-23(5,6)28(18(14)15)22(24)30/h8-9,12H,7,10,25H2,1-6H3,(H,26,27)/t12-,24+/m0/s1. The molecule has 2 aromatic rings. The lowest BCUT2D eigenvalue weighted by Crippen LogP contribution is -2.55. The summed E-state index contributed by atoms with van der Waals surface area (Å²) in [5, 5.41) is 7.17. The Morgan fingerprint density at radius 3 is 2.78 bits per heavy atom. The van der Waals surface area contributed by atoms with Gasteiger partial charge in [0.2, 0.25) is 17.7 Å². The van der Waals surface area contributed by atoms with Crippen LogP contribution in [-0.4, -0.2) is 34.2 Å². The van der Waals surface area contributed by atoms with Crippen LogP contribution in [0.15, 0.2) is 23.6 Å². The summed E-state index contributed by atoms with van der Waals surface area (Å²) in [7, 11) is 0. The van der Waals surface area contributed by atoms with Gasteiger partial charge in [-0.1, -0.05) is 24.6 Å². The highest BCUT2D eigenvalue weighted by Crippen LogP contribution is 2.61. The number of nitrogens with two attached hydrogens (primary N) is 1. The van der Waals surface area contributed by atoms with Gasteiger partial charge in [0.15, 0.2) is 0 Å². The number of amides is 1. The molecule has 1 aromatic carbocycles. The molecule has 2 atom stereocenters. The summed E-state index contributed by atoms with van der Waals surface area (Å²) in [5.41, 5.74) is 9.25. The smallest absolute Gasteiger partial charge is 0.341 e. The third-order valence-corrected chi connectivity index (χ3v) is 6.97. The minimum Gasteiger partial charge on any atom is -0.462 e. The van der Waals surface area contributed by atoms with Crippen LogP contribution in [0.25, 0.3) is 0 Å². The van der Waals surface area contributed by atoms with Crippen molar-refractivity contribution in [3.8, 4) is 5.88 Å². The van der Waals surface area contributed by atoms with Gasteiger partial charge in [-0.25, -0.2) is 4.79 Å². The van der Waals surface area contributed by atoms with Gasteiger partial charge >= 0.3 is 5.97 Å². The second-order valence-electron chi connectivity index (χ2n) is 9.65. The van der Waals surface area contributed by atoms with Crippen molar-refractivity contribution in [2.75, 3.05) is 11.5 Å². The second kappa shape index (κ2) is 6.37. The molecular formula is C24H28N4O4. The molecule has 8 nitrogen and oxygen atoms in total. The molecule has 1 aromatic heterocycles. The maximum Gasteiger partial charge on any atom is 0.341 e. The van der Waals surface area contributed by atoms with Crippen molar-refractivity contribution in [2.24, 2.45) is 5.73 Å². The molecule has 8 heteroatoms. The molecule has 0 bridgehead atoms. The molecule has 1 spiro atoms. The number of nitrogens with zero attached hydrogens (tertiary/aromatic N) is 2. The third kappa shape index (κ3) is 2.29. The third-order valence-electron chi connectivity index (χ3n) is 6.97. The van der Waals surface area contributed by atoms with E-state index in [2.05, 4.69) is 37.0 Å². The number of carbonyl (C=O) groups is 2. The monoisotopic (exact) mass is 436 g/mol. The maximum atomic E-state index is 14.6. The lowest BCUT2D eigenvalue weighted by Gasteiger charge is -2.44. The molecule has 0 fully saturated rings. The van der Waals surface area contributed by atoms with E-state index in [0.29, 0.717) is 11.3 Å². The Labute approximate surface area is 186 Å². The summed E-state index contributed by atoms with van der Waals surface area (Å²) in [6, 6.07) is 4.12. The molecule has 3 N–H and O–H groups in total. The number of nitrogens with one attached hydrogen (secondary N) is 1. The number of ether oxygens (including phenoxy) is 2. The van der Waals surface area contributed by atoms with Crippen LogP contribution >= 0.6 is 0 Å². The lowest BCUT2D eigenvalue weighted by molar-refractivity contribution is -0.141. The number of esters is 1. The number of H-pyrrole nitrogens is 1. The number of hydrogen-bond donors (Lipinski definition) is 2. The van der Waals surface area contributed by atoms with Gasteiger partial charge in [0.25, 0.3) is 0 Å². The summed E-state index contributed by atoms with van der Waals surface area (Å²) in [6.45, 7) is 12.0. The van der Waals surface area contributed by atoms with E-state index in [0.717, 1.165) is 28.8 Å². The minimum absolute atomic E-state index is 0.0204. The van der Waals surface area contributed by atoms with Gasteiger partial charge in [-0.05, 0) is 52.5 Å². The average Bonchev–Trinajstić information content (AvgIpc) is 3.17. The first kappa shape index (κ1) is 20.6. The molecule has 5 rings (SSSR count). The molecule has 0 unspecified atom stereocenters.